The van der Waals surface area contributed by atoms with E-state index in [0.29, 0.717) is 6.04 Å². The summed E-state index contributed by atoms with van der Waals surface area (Å²) in [6.07, 6.45) is 2.43. The number of hydrogen-bond donors (Lipinski definition) is 0. The maximum atomic E-state index is 4.18. The van der Waals surface area contributed by atoms with Gasteiger partial charge < -0.3 is 0 Å². The van der Waals surface area contributed by atoms with Crippen molar-refractivity contribution in [2.75, 3.05) is 0 Å². The summed E-state index contributed by atoms with van der Waals surface area (Å²) in [6.45, 7) is 8.77. The summed E-state index contributed by atoms with van der Waals surface area (Å²) < 4.78 is 2.00. The van der Waals surface area contributed by atoms with Crippen LogP contribution in [0.1, 0.15) is 47.0 Å². The molecule has 4 nitrogen and oxygen atoms in total. The SMILES string of the molecule is Cc1cc(C)c(C)c(SCc2nnnn2C2CC2)c1C. The van der Waals surface area contributed by atoms with Crippen LogP contribution in [-0.2, 0) is 5.75 Å². The Morgan fingerprint density at radius 2 is 1.80 bits per heavy atom. The van der Waals surface area contributed by atoms with E-state index in [2.05, 4.69) is 49.3 Å². The fourth-order valence-electron chi connectivity index (χ4n) is 2.44. The molecule has 0 N–H and O–H groups in total. The number of rotatable bonds is 4. The average Bonchev–Trinajstić information content (AvgIpc) is 3.16. The van der Waals surface area contributed by atoms with Gasteiger partial charge in [-0.1, -0.05) is 6.07 Å². The van der Waals surface area contributed by atoms with Crippen molar-refractivity contribution >= 4 is 11.8 Å². The summed E-state index contributed by atoms with van der Waals surface area (Å²) in [5, 5.41) is 12.1. The monoisotopic (exact) mass is 288 g/mol. The van der Waals surface area contributed by atoms with Crippen molar-refractivity contribution in [3.8, 4) is 0 Å². The van der Waals surface area contributed by atoms with Crippen LogP contribution in [0.2, 0.25) is 0 Å². The van der Waals surface area contributed by atoms with Gasteiger partial charge in [0.25, 0.3) is 0 Å². The third kappa shape index (κ3) is 2.46. The van der Waals surface area contributed by atoms with Crippen LogP contribution in [-0.4, -0.2) is 20.2 Å². The number of aromatic nitrogens is 4. The van der Waals surface area contributed by atoms with Gasteiger partial charge in [0.1, 0.15) is 0 Å². The predicted molar refractivity (Wildman–Crippen MR) is 81.0 cm³/mol. The number of tetrazole rings is 1. The first-order chi connectivity index (χ1) is 9.58. The molecule has 1 fully saturated rings. The topological polar surface area (TPSA) is 43.6 Å². The second-order valence-corrected chi connectivity index (χ2v) is 6.63. The second-order valence-electron chi connectivity index (χ2n) is 5.65. The molecular formula is C15H20N4S. The summed E-state index contributed by atoms with van der Waals surface area (Å²) in [7, 11) is 0. The van der Waals surface area contributed by atoms with Crippen molar-refractivity contribution < 1.29 is 0 Å². The molecule has 106 valence electrons. The van der Waals surface area contributed by atoms with Gasteiger partial charge in [-0.25, -0.2) is 4.68 Å². The van der Waals surface area contributed by atoms with E-state index in [9.17, 15) is 0 Å². The van der Waals surface area contributed by atoms with E-state index in [0.717, 1.165) is 11.6 Å². The standard InChI is InChI=1S/C15H20N4S/c1-9-7-10(2)12(4)15(11(9)3)20-8-14-16-17-18-19(14)13-5-6-13/h7,13H,5-6,8H2,1-4H3. The second kappa shape index (κ2) is 5.20. The van der Waals surface area contributed by atoms with Gasteiger partial charge in [0, 0.05) is 4.90 Å². The smallest absolute Gasteiger partial charge is 0.161 e. The number of hydrogen-bond acceptors (Lipinski definition) is 4. The van der Waals surface area contributed by atoms with Crippen LogP contribution in [0.15, 0.2) is 11.0 Å². The van der Waals surface area contributed by atoms with Gasteiger partial charge in [0.05, 0.1) is 11.8 Å². The molecule has 1 aromatic carbocycles. The molecule has 1 aliphatic rings. The molecule has 0 bridgehead atoms. The van der Waals surface area contributed by atoms with Gasteiger partial charge in [-0.15, -0.1) is 16.9 Å². The lowest BCUT2D eigenvalue weighted by atomic mass is 10.0. The molecule has 1 aliphatic carbocycles. The van der Waals surface area contributed by atoms with Crippen molar-refractivity contribution in [2.24, 2.45) is 0 Å². The Hall–Kier alpha value is -1.36. The van der Waals surface area contributed by atoms with Gasteiger partial charge >= 0.3 is 0 Å². The van der Waals surface area contributed by atoms with E-state index in [-0.39, 0.29) is 0 Å². The maximum absolute atomic E-state index is 4.18. The molecule has 1 saturated carbocycles. The Bertz CT molecular complexity index is 617. The minimum Gasteiger partial charge on any atom is -0.226 e. The molecule has 0 saturated heterocycles. The lowest BCUT2D eigenvalue weighted by Crippen LogP contribution is -2.03. The normalized spacial score (nSPS) is 14.8. The van der Waals surface area contributed by atoms with E-state index >= 15 is 0 Å². The van der Waals surface area contributed by atoms with Crippen LogP contribution in [0.5, 0.6) is 0 Å². The molecule has 20 heavy (non-hydrogen) atoms. The lowest BCUT2D eigenvalue weighted by molar-refractivity contribution is 0.593. The Labute approximate surface area is 124 Å². The maximum Gasteiger partial charge on any atom is 0.161 e. The predicted octanol–water partition coefficient (Wildman–Crippen LogP) is 3.53. The largest absolute Gasteiger partial charge is 0.226 e. The molecule has 1 aromatic heterocycles. The van der Waals surface area contributed by atoms with Crippen molar-refractivity contribution in [3.05, 3.63) is 34.1 Å². The van der Waals surface area contributed by atoms with Crippen molar-refractivity contribution in [1.29, 1.82) is 0 Å². The molecule has 3 rings (SSSR count). The first-order valence-corrected chi connectivity index (χ1v) is 8.03. The van der Waals surface area contributed by atoms with E-state index < -0.39 is 0 Å². The first kappa shape index (κ1) is 13.6. The fraction of sp³-hybridized carbons (Fsp3) is 0.533. The zero-order valence-electron chi connectivity index (χ0n) is 12.5. The highest BCUT2D eigenvalue weighted by Gasteiger charge is 2.27. The molecule has 5 heteroatoms. The summed E-state index contributed by atoms with van der Waals surface area (Å²) in [5.74, 6) is 1.84. The van der Waals surface area contributed by atoms with Crippen LogP contribution >= 0.6 is 11.8 Å². The zero-order valence-corrected chi connectivity index (χ0v) is 13.3. The molecule has 1 heterocycles. The quantitative estimate of drug-likeness (QED) is 0.807. The Morgan fingerprint density at radius 1 is 1.15 bits per heavy atom. The molecule has 0 radical (unpaired) electrons. The van der Waals surface area contributed by atoms with Crippen molar-refractivity contribution in [3.63, 3.8) is 0 Å². The molecule has 2 aromatic rings. The molecule has 0 atom stereocenters. The van der Waals surface area contributed by atoms with Crippen LogP contribution < -0.4 is 0 Å². The Morgan fingerprint density at radius 3 is 2.40 bits per heavy atom. The van der Waals surface area contributed by atoms with Gasteiger partial charge in [0.2, 0.25) is 0 Å². The summed E-state index contributed by atoms with van der Waals surface area (Å²) in [5.41, 5.74) is 5.47. The number of benzene rings is 1. The summed E-state index contributed by atoms with van der Waals surface area (Å²) >= 11 is 1.86. The minimum absolute atomic E-state index is 0.544. The number of nitrogens with zero attached hydrogens (tertiary/aromatic N) is 4. The molecule has 0 spiro atoms. The van der Waals surface area contributed by atoms with Crippen molar-refractivity contribution in [1.82, 2.24) is 20.2 Å². The number of thioether (sulfide) groups is 1. The lowest BCUT2D eigenvalue weighted by Gasteiger charge is -2.14. The third-order valence-corrected chi connectivity index (χ3v) is 5.40. The highest BCUT2D eigenvalue weighted by Crippen LogP contribution is 2.37. The van der Waals surface area contributed by atoms with Gasteiger partial charge in [0.15, 0.2) is 5.82 Å². The Balaban J connectivity index is 1.83. The zero-order chi connectivity index (χ0) is 14.3. The van der Waals surface area contributed by atoms with Gasteiger partial charge in [-0.3, -0.25) is 0 Å². The molecule has 0 aliphatic heterocycles. The molecule has 0 amide bonds. The summed E-state index contributed by atoms with van der Waals surface area (Å²) in [4.78, 5) is 1.38. The van der Waals surface area contributed by atoms with Crippen LogP contribution in [0.25, 0.3) is 0 Å². The van der Waals surface area contributed by atoms with E-state index in [4.69, 9.17) is 0 Å². The van der Waals surface area contributed by atoms with Gasteiger partial charge in [-0.2, -0.15) is 0 Å². The molecular weight excluding hydrogens is 268 g/mol. The van der Waals surface area contributed by atoms with Crippen molar-refractivity contribution in [2.45, 2.75) is 57.2 Å². The van der Waals surface area contributed by atoms with Crippen LogP contribution in [0, 0.1) is 27.7 Å². The molecule has 0 unspecified atom stereocenters. The third-order valence-electron chi connectivity index (χ3n) is 4.10. The van der Waals surface area contributed by atoms with Crippen LogP contribution in [0.3, 0.4) is 0 Å². The first-order valence-electron chi connectivity index (χ1n) is 7.05. The Kier molecular flexibility index (Phi) is 3.54. The van der Waals surface area contributed by atoms with Crippen LogP contribution in [0.4, 0.5) is 0 Å². The highest BCUT2D eigenvalue weighted by molar-refractivity contribution is 7.98. The summed E-state index contributed by atoms with van der Waals surface area (Å²) in [6, 6.07) is 2.81. The van der Waals surface area contributed by atoms with E-state index in [1.807, 2.05) is 16.4 Å². The van der Waals surface area contributed by atoms with E-state index in [1.54, 1.807) is 0 Å². The van der Waals surface area contributed by atoms with Gasteiger partial charge in [-0.05, 0) is 73.2 Å². The highest BCUT2D eigenvalue weighted by atomic mass is 32.2. The fourth-order valence-corrected chi connectivity index (χ4v) is 3.66. The van der Waals surface area contributed by atoms with E-state index in [1.165, 1.54) is 40.0 Å². The number of aryl methyl sites for hydroxylation is 2. The minimum atomic E-state index is 0.544. The average molecular weight is 288 g/mol.